The molecule has 0 aliphatic carbocycles. The summed E-state index contributed by atoms with van der Waals surface area (Å²) in [6, 6.07) is 12.5. The molecule has 2 aromatic carbocycles. The number of carbonyl (C=O) groups is 1. The quantitative estimate of drug-likeness (QED) is 0.305. The molecule has 4 rings (SSSR count). The predicted octanol–water partition coefficient (Wildman–Crippen LogP) is 3.93. The zero-order valence-corrected chi connectivity index (χ0v) is 21.3. The van der Waals surface area contributed by atoms with Crippen LogP contribution < -0.4 is 20.5 Å². The molecule has 0 aliphatic rings. The lowest BCUT2D eigenvalue weighted by Crippen LogP contribution is -2.27. The van der Waals surface area contributed by atoms with E-state index in [4.69, 9.17) is 13.9 Å². The first-order chi connectivity index (χ1) is 17.9. The topological polar surface area (TPSA) is 112 Å². The number of ether oxygens (including phenoxy) is 2. The van der Waals surface area contributed by atoms with Crippen molar-refractivity contribution >= 4 is 17.2 Å². The minimum Gasteiger partial charge on any atom is -0.490 e. The first kappa shape index (κ1) is 25.9. The average Bonchev–Trinajstić information content (AvgIpc) is 3.20. The van der Waals surface area contributed by atoms with Gasteiger partial charge in [-0.2, -0.15) is 0 Å². The van der Waals surface area contributed by atoms with E-state index in [1.807, 2.05) is 45.3 Å². The Morgan fingerprint density at radius 3 is 2.68 bits per heavy atom. The lowest BCUT2D eigenvalue weighted by atomic mass is 10.1. The van der Waals surface area contributed by atoms with Gasteiger partial charge in [0.2, 0.25) is 0 Å². The summed E-state index contributed by atoms with van der Waals surface area (Å²) in [4.78, 5) is 35.5. The number of rotatable bonds is 11. The third kappa shape index (κ3) is 6.95. The van der Waals surface area contributed by atoms with Crippen molar-refractivity contribution in [1.29, 1.82) is 0 Å². The molecule has 1 N–H and O–H groups in total. The summed E-state index contributed by atoms with van der Waals surface area (Å²) in [7, 11) is 4.05. The van der Waals surface area contributed by atoms with Crippen molar-refractivity contribution in [2.75, 3.05) is 33.8 Å². The highest BCUT2D eigenvalue weighted by Crippen LogP contribution is 2.23. The van der Waals surface area contributed by atoms with Crippen molar-refractivity contribution in [1.82, 2.24) is 24.8 Å². The fraction of sp³-hybridized carbons (Fsp3) is 0.333. The van der Waals surface area contributed by atoms with Crippen LogP contribution in [0.1, 0.15) is 25.3 Å². The van der Waals surface area contributed by atoms with Crippen LogP contribution in [0.2, 0.25) is 0 Å². The smallest absolute Gasteiger partial charge is 0.420 e. The molecule has 0 radical (unpaired) electrons. The summed E-state index contributed by atoms with van der Waals surface area (Å²) in [6.45, 7) is 4.28. The number of oxazole rings is 1. The Hall–Kier alpha value is -4.18. The van der Waals surface area contributed by atoms with E-state index in [0.717, 1.165) is 30.5 Å². The van der Waals surface area contributed by atoms with E-state index in [-0.39, 0.29) is 6.54 Å². The lowest BCUT2D eigenvalue weighted by molar-refractivity contribution is 0.200. The zero-order chi connectivity index (χ0) is 26.2. The highest BCUT2D eigenvalue weighted by atomic mass is 16.6. The molecule has 2 heterocycles. The number of nitrogens with one attached hydrogen (secondary N) is 1. The predicted molar refractivity (Wildman–Crippen MR) is 140 cm³/mol. The maximum absolute atomic E-state index is 12.6. The molecular formula is C27H31N5O5. The normalized spacial score (nSPS) is 11.1. The van der Waals surface area contributed by atoms with Crippen LogP contribution in [0.4, 0.5) is 4.79 Å². The SMILES string of the molecule is CCCNC(=O)Oc1ccc2oc(=O)n(Cc3cccc(-c4ncc(OCCCN(C)C)cn4)c3)c2c1. The summed E-state index contributed by atoms with van der Waals surface area (Å²) < 4.78 is 17.9. The van der Waals surface area contributed by atoms with Crippen LogP contribution in [0.15, 0.2) is 64.1 Å². The minimum atomic E-state index is -0.545. The van der Waals surface area contributed by atoms with Gasteiger partial charge in [-0.25, -0.2) is 19.6 Å². The van der Waals surface area contributed by atoms with Gasteiger partial charge in [0.05, 0.1) is 31.1 Å². The van der Waals surface area contributed by atoms with Gasteiger partial charge in [0.1, 0.15) is 5.75 Å². The molecule has 1 amide bonds. The summed E-state index contributed by atoms with van der Waals surface area (Å²) in [6.07, 6.45) is 4.50. The Bertz CT molecular complexity index is 1390. The van der Waals surface area contributed by atoms with Crippen molar-refractivity contribution < 1.29 is 18.7 Å². The van der Waals surface area contributed by atoms with Gasteiger partial charge >= 0.3 is 11.8 Å². The molecule has 0 bridgehead atoms. The van der Waals surface area contributed by atoms with Crippen LogP contribution in [0, 0.1) is 0 Å². The molecule has 4 aromatic rings. The largest absolute Gasteiger partial charge is 0.490 e. The monoisotopic (exact) mass is 505 g/mol. The molecule has 0 saturated carbocycles. The summed E-state index contributed by atoms with van der Waals surface area (Å²) in [5, 5.41) is 2.66. The Morgan fingerprint density at radius 1 is 1.11 bits per heavy atom. The van der Waals surface area contributed by atoms with Crippen LogP contribution >= 0.6 is 0 Å². The number of carbonyl (C=O) groups excluding carboxylic acids is 1. The molecule has 0 atom stereocenters. The molecule has 10 heteroatoms. The maximum Gasteiger partial charge on any atom is 0.420 e. The van der Waals surface area contributed by atoms with Gasteiger partial charge in [-0.1, -0.05) is 25.1 Å². The van der Waals surface area contributed by atoms with Gasteiger partial charge in [-0.15, -0.1) is 0 Å². The molecule has 0 spiro atoms. The fourth-order valence-electron chi connectivity index (χ4n) is 3.73. The first-order valence-electron chi connectivity index (χ1n) is 12.2. The third-order valence-electron chi connectivity index (χ3n) is 5.54. The standard InChI is InChI=1S/C27H31N5O5/c1-4-11-28-26(33)36-21-9-10-24-23(15-21)32(27(34)37-24)18-19-7-5-8-20(14-19)25-29-16-22(17-30-25)35-13-6-12-31(2)3/h5,7-10,14-17H,4,6,11-13,18H2,1-3H3,(H,28,33). The molecule has 194 valence electrons. The van der Waals surface area contributed by atoms with E-state index in [2.05, 4.69) is 20.2 Å². The fourth-order valence-corrected chi connectivity index (χ4v) is 3.73. The molecular weight excluding hydrogens is 474 g/mol. The summed E-state index contributed by atoms with van der Waals surface area (Å²) >= 11 is 0. The molecule has 0 saturated heterocycles. The third-order valence-corrected chi connectivity index (χ3v) is 5.54. The number of hydrogen-bond acceptors (Lipinski definition) is 8. The number of benzene rings is 2. The van der Waals surface area contributed by atoms with E-state index in [9.17, 15) is 9.59 Å². The average molecular weight is 506 g/mol. The van der Waals surface area contributed by atoms with Crippen LogP contribution in [-0.2, 0) is 6.54 Å². The van der Waals surface area contributed by atoms with Crippen LogP contribution in [0.3, 0.4) is 0 Å². The van der Waals surface area contributed by atoms with Gasteiger partial charge in [-0.05, 0) is 50.7 Å². The van der Waals surface area contributed by atoms with Crippen molar-refractivity contribution in [3.63, 3.8) is 0 Å². The van der Waals surface area contributed by atoms with E-state index >= 15 is 0 Å². The number of amides is 1. The molecule has 0 unspecified atom stereocenters. The molecule has 0 fully saturated rings. The van der Waals surface area contributed by atoms with Gasteiger partial charge in [0.15, 0.2) is 17.2 Å². The van der Waals surface area contributed by atoms with E-state index in [1.165, 1.54) is 4.57 Å². The van der Waals surface area contributed by atoms with Gasteiger partial charge in [0, 0.05) is 24.7 Å². The van der Waals surface area contributed by atoms with E-state index < -0.39 is 11.8 Å². The lowest BCUT2D eigenvalue weighted by Gasteiger charge is -2.10. The maximum atomic E-state index is 12.6. The highest BCUT2D eigenvalue weighted by Gasteiger charge is 2.13. The molecule has 2 aromatic heterocycles. The minimum absolute atomic E-state index is 0.262. The number of nitrogens with zero attached hydrogens (tertiary/aromatic N) is 4. The van der Waals surface area contributed by atoms with Crippen molar-refractivity contribution in [3.8, 4) is 22.9 Å². The van der Waals surface area contributed by atoms with Crippen molar-refractivity contribution in [2.24, 2.45) is 0 Å². The van der Waals surface area contributed by atoms with Crippen LogP contribution in [0.5, 0.6) is 11.5 Å². The van der Waals surface area contributed by atoms with Crippen LogP contribution in [0.25, 0.3) is 22.5 Å². The van der Waals surface area contributed by atoms with Crippen LogP contribution in [-0.4, -0.2) is 59.3 Å². The number of fused-ring (bicyclic) bond motifs is 1. The zero-order valence-electron chi connectivity index (χ0n) is 21.3. The highest BCUT2D eigenvalue weighted by molar-refractivity contribution is 5.77. The Labute approximate surface area is 214 Å². The van der Waals surface area contributed by atoms with Crippen molar-refractivity contribution in [3.05, 3.63) is 71.0 Å². The number of hydrogen-bond donors (Lipinski definition) is 1. The molecule has 0 aliphatic heterocycles. The summed E-state index contributed by atoms with van der Waals surface area (Å²) in [5.74, 6) is 0.999. The summed E-state index contributed by atoms with van der Waals surface area (Å²) in [5.41, 5.74) is 2.62. The Kier molecular flexibility index (Phi) is 8.52. The van der Waals surface area contributed by atoms with Gasteiger partial charge in [0.25, 0.3) is 0 Å². The number of aromatic nitrogens is 3. The van der Waals surface area contributed by atoms with Gasteiger partial charge in [-0.3, -0.25) is 4.57 Å². The first-order valence-corrected chi connectivity index (χ1v) is 12.2. The molecule has 10 nitrogen and oxygen atoms in total. The Morgan fingerprint density at radius 2 is 1.92 bits per heavy atom. The second-order valence-corrected chi connectivity index (χ2v) is 8.85. The molecule has 37 heavy (non-hydrogen) atoms. The van der Waals surface area contributed by atoms with E-state index in [1.54, 1.807) is 30.6 Å². The van der Waals surface area contributed by atoms with Crippen molar-refractivity contribution in [2.45, 2.75) is 26.3 Å². The van der Waals surface area contributed by atoms with E-state index in [0.29, 0.717) is 41.6 Å². The Balaban J connectivity index is 1.48. The second kappa shape index (κ2) is 12.2. The second-order valence-electron chi connectivity index (χ2n) is 8.85. The van der Waals surface area contributed by atoms with Gasteiger partial charge < -0.3 is 24.1 Å².